The van der Waals surface area contributed by atoms with Crippen LogP contribution >= 0.6 is 0 Å². The minimum Gasteiger partial charge on any atom is -0.339 e. The highest BCUT2D eigenvalue weighted by Gasteiger charge is 2.29. The molecule has 0 bridgehead atoms. The summed E-state index contributed by atoms with van der Waals surface area (Å²) in [5, 5.41) is 3.45. The number of aromatic nitrogens is 3. The molecule has 0 saturated carbocycles. The van der Waals surface area contributed by atoms with E-state index in [1.54, 1.807) is 24.5 Å². The summed E-state index contributed by atoms with van der Waals surface area (Å²) in [5.74, 6) is 1.69. The van der Waals surface area contributed by atoms with Crippen molar-refractivity contribution in [1.82, 2.24) is 24.8 Å². The van der Waals surface area contributed by atoms with Crippen LogP contribution in [0.3, 0.4) is 0 Å². The summed E-state index contributed by atoms with van der Waals surface area (Å²) in [6, 6.07) is 3.57. The largest absolute Gasteiger partial charge is 0.339 e. The zero-order chi connectivity index (χ0) is 16.5. The zero-order valence-electron chi connectivity index (χ0n) is 14.0. The van der Waals surface area contributed by atoms with Crippen molar-refractivity contribution < 1.29 is 4.79 Å². The van der Waals surface area contributed by atoms with E-state index in [2.05, 4.69) is 21.8 Å². The lowest BCUT2D eigenvalue weighted by molar-refractivity contribution is 0.0712. The van der Waals surface area contributed by atoms with E-state index in [9.17, 15) is 4.79 Å². The quantitative estimate of drug-likeness (QED) is 0.913. The number of hydrogen-bond acceptors (Lipinski definition) is 4. The van der Waals surface area contributed by atoms with Gasteiger partial charge in [0, 0.05) is 56.6 Å². The number of nitrogens with zero attached hydrogens (tertiary/aromatic N) is 4. The van der Waals surface area contributed by atoms with Crippen molar-refractivity contribution >= 4 is 5.91 Å². The van der Waals surface area contributed by atoms with Crippen LogP contribution in [0.4, 0.5) is 0 Å². The highest BCUT2D eigenvalue weighted by molar-refractivity contribution is 5.94. The third-order valence-corrected chi connectivity index (χ3v) is 5.20. The number of aryl methyl sites for hydroxylation is 1. The number of amides is 1. The maximum absolute atomic E-state index is 12.5. The van der Waals surface area contributed by atoms with E-state index >= 15 is 0 Å². The van der Waals surface area contributed by atoms with Gasteiger partial charge in [-0.1, -0.05) is 0 Å². The molecule has 2 aliphatic heterocycles. The Morgan fingerprint density at radius 2 is 1.96 bits per heavy atom. The van der Waals surface area contributed by atoms with Crippen LogP contribution in [0.25, 0.3) is 0 Å². The Balaban J connectivity index is 1.46. The van der Waals surface area contributed by atoms with Gasteiger partial charge < -0.3 is 14.8 Å². The molecule has 4 rings (SSSR count). The van der Waals surface area contributed by atoms with Crippen molar-refractivity contribution in [3.63, 3.8) is 0 Å². The van der Waals surface area contributed by atoms with Crippen molar-refractivity contribution in [3.8, 4) is 0 Å². The van der Waals surface area contributed by atoms with Gasteiger partial charge in [-0.3, -0.25) is 9.78 Å². The Morgan fingerprint density at radius 3 is 2.71 bits per heavy atom. The second-order valence-corrected chi connectivity index (χ2v) is 6.62. The Hall–Kier alpha value is -2.21. The van der Waals surface area contributed by atoms with E-state index in [-0.39, 0.29) is 5.91 Å². The number of rotatable bonds is 2. The molecule has 0 atom stereocenters. The minimum atomic E-state index is 0.112. The van der Waals surface area contributed by atoms with E-state index in [1.165, 1.54) is 11.4 Å². The Morgan fingerprint density at radius 1 is 1.21 bits per heavy atom. The second-order valence-electron chi connectivity index (χ2n) is 6.62. The fourth-order valence-electron chi connectivity index (χ4n) is 3.87. The predicted molar refractivity (Wildman–Crippen MR) is 90.8 cm³/mol. The van der Waals surface area contributed by atoms with Crippen LogP contribution in [0.15, 0.2) is 24.5 Å². The number of likely N-dealkylation sites (tertiary alicyclic amines) is 1. The molecule has 0 radical (unpaired) electrons. The first-order chi connectivity index (χ1) is 11.7. The number of hydrogen-bond donors (Lipinski definition) is 1. The number of piperidine rings is 1. The smallest absolute Gasteiger partial charge is 0.253 e. The molecule has 1 amide bonds. The Bertz CT molecular complexity index is 731. The zero-order valence-corrected chi connectivity index (χ0v) is 14.0. The van der Waals surface area contributed by atoms with E-state index in [0.717, 1.165) is 57.0 Å². The summed E-state index contributed by atoms with van der Waals surface area (Å²) in [4.78, 5) is 23.3. The molecule has 0 aliphatic carbocycles. The molecule has 0 unspecified atom stereocenters. The van der Waals surface area contributed by atoms with Gasteiger partial charge >= 0.3 is 0 Å². The van der Waals surface area contributed by atoms with Crippen LogP contribution in [0.1, 0.15) is 46.3 Å². The second kappa shape index (κ2) is 6.36. The van der Waals surface area contributed by atoms with Gasteiger partial charge in [0.1, 0.15) is 5.82 Å². The summed E-state index contributed by atoms with van der Waals surface area (Å²) in [6.45, 7) is 6.62. The third-order valence-electron chi connectivity index (χ3n) is 5.20. The molecule has 1 saturated heterocycles. The lowest BCUT2D eigenvalue weighted by atomic mass is 9.91. The number of imidazole rings is 1. The van der Waals surface area contributed by atoms with E-state index < -0.39 is 0 Å². The van der Waals surface area contributed by atoms with Gasteiger partial charge in [-0.25, -0.2) is 4.98 Å². The monoisotopic (exact) mass is 325 g/mol. The van der Waals surface area contributed by atoms with Gasteiger partial charge in [-0.05, 0) is 31.9 Å². The van der Waals surface area contributed by atoms with Crippen molar-refractivity contribution in [2.45, 2.75) is 38.8 Å². The third kappa shape index (κ3) is 2.71. The first kappa shape index (κ1) is 15.3. The highest BCUT2D eigenvalue weighted by Crippen LogP contribution is 2.31. The molecule has 1 fully saturated rings. The molecular weight excluding hydrogens is 302 g/mol. The summed E-state index contributed by atoms with van der Waals surface area (Å²) >= 11 is 0. The fraction of sp³-hybridized carbons (Fsp3) is 0.500. The Kier molecular flexibility index (Phi) is 4.06. The SMILES string of the molecule is Cc1nc(C2CCN(C(=O)c3ccncc3)CC2)c2n1CCNC2. The van der Waals surface area contributed by atoms with E-state index in [1.807, 2.05) is 4.90 Å². The van der Waals surface area contributed by atoms with E-state index in [4.69, 9.17) is 4.98 Å². The summed E-state index contributed by atoms with van der Waals surface area (Å²) in [6.07, 6.45) is 5.32. The number of pyridine rings is 1. The average molecular weight is 325 g/mol. The van der Waals surface area contributed by atoms with Crippen LogP contribution in [0.2, 0.25) is 0 Å². The van der Waals surface area contributed by atoms with Crippen molar-refractivity contribution in [1.29, 1.82) is 0 Å². The predicted octanol–water partition coefficient (Wildman–Crippen LogP) is 1.71. The van der Waals surface area contributed by atoms with Crippen LogP contribution in [0, 0.1) is 6.92 Å². The van der Waals surface area contributed by atoms with Crippen LogP contribution in [-0.2, 0) is 13.1 Å². The average Bonchev–Trinajstić information content (AvgIpc) is 2.99. The molecule has 126 valence electrons. The van der Waals surface area contributed by atoms with Gasteiger partial charge in [0.2, 0.25) is 0 Å². The van der Waals surface area contributed by atoms with E-state index in [0.29, 0.717) is 5.92 Å². The van der Waals surface area contributed by atoms with Crippen LogP contribution in [-0.4, -0.2) is 45.0 Å². The maximum atomic E-state index is 12.5. The van der Waals surface area contributed by atoms with Crippen molar-refractivity contribution in [3.05, 3.63) is 47.3 Å². The molecule has 24 heavy (non-hydrogen) atoms. The van der Waals surface area contributed by atoms with Gasteiger partial charge in [-0.15, -0.1) is 0 Å². The maximum Gasteiger partial charge on any atom is 0.253 e. The summed E-state index contributed by atoms with van der Waals surface area (Å²) in [7, 11) is 0. The normalized spacial score (nSPS) is 18.5. The molecule has 0 spiro atoms. The van der Waals surface area contributed by atoms with Gasteiger partial charge in [0.25, 0.3) is 5.91 Å². The molecule has 1 N–H and O–H groups in total. The molecule has 0 aromatic carbocycles. The lowest BCUT2D eigenvalue weighted by Gasteiger charge is -2.32. The number of fused-ring (bicyclic) bond motifs is 1. The minimum absolute atomic E-state index is 0.112. The first-order valence-corrected chi connectivity index (χ1v) is 8.70. The molecule has 2 aromatic rings. The van der Waals surface area contributed by atoms with Crippen LogP contribution in [0.5, 0.6) is 0 Å². The molecule has 6 nitrogen and oxygen atoms in total. The van der Waals surface area contributed by atoms with Crippen LogP contribution < -0.4 is 5.32 Å². The highest BCUT2D eigenvalue weighted by atomic mass is 16.2. The first-order valence-electron chi connectivity index (χ1n) is 8.70. The summed E-state index contributed by atoms with van der Waals surface area (Å²) < 4.78 is 2.35. The molecule has 2 aromatic heterocycles. The number of carbonyl (C=O) groups excluding carboxylic acids is 1. The molecule has 4 heterocycles. The summed E-state index contributed by atoms with van der Waals surface area (Å²) in [5.41, 5.74) is 3.32. The van der Waals surface area contributed by atoms with Crippen molar-refractivity contribution in [2.24, 2.45) is 0 Å². The molecule has 2 aliphatic rings. The topological polar surface area (TPSA) is 63.1 Å². The van der Waals surface area contributed by atoms with Gasteiger partial charge in [-0.2, -0.15) is 0 Å². The van der Waals surface area contributed by atoms with Crippen molar-refractivity contribution in [2.75, 3.05) is 19.6 Å². The number of carbonyl (C=O) groups is 1. The molecular formula is C18H23N5O. The molecule has 6 heteroatoms. The van der Waals surface area contributed by atoms with Gasteiger partial charge in [0.15, 0.2) is 0 Å². The lowest BCUT2D eigenvalue weighted by Crippen LogP contribution is -2.38. The number of nitrogens with one attached hydrogen (secondary N) is 1. The fourth-order valence-corrected chi connectivity index (χ4v) is 3.87. The Labute approximate surface area is 141 Å². The van der Waals surface area contributed by atoms with Gasteiger partial charge in [0.05, 0.1) is 11.4 Å². The standard InChI is InChI=1S/C18H23N5O/c1-13-21-17(16-12-20-8-11-23(13)16)14-4-9-22(10-5-14)18(24)15-2-6-19-7-3-15/h2-3,6-7,14,20H,4-5,8-12H2,1H3.